The molecule has 0 unspecified atom stereocenters. The zero-order valence-electron chi connectivity index (χ0n) is 11.1. The van der Waals surface area contributed by atoms with Gasteiger partial charge in [0.05, 0.1) is 11.0 Å². The van der Waals surface area contributed by atoms with E-state index in [0.717, 1.165) is 0 Å². The van der Waals surface area contributed by atoms with Crippen LogP contribution in [0.3, 0.4) is 0 Å². The molecular weight excluding hydrogens is 484 g/mol. The van der Waals surface area contributed by atoms with Gasteiger partial charge >= 0.3 is 0 Å². The van der Waals surface area contributed by atoms with Gasteiger partial charge in [-0.1, -0.05) is 18.2 Å². The van der Waals surface area contributed by atoms with Crippen LogP contribution < -0.4 is 0 Å². The first-order chi connectivity index (χ1) is 10.2. The molecule has 0 fully saturated rings. The van der Waals surface area contributed by atoms with E-state index in [-0.39, 0.29) is 0 Å². The fraction of sp³-hybridized carbons (Fsp3) is 0. The highest BCUT2D eigenvalue weighted by Crippen LogP contribution is 2.32. The van der Waals surface area contributed by atoms with Gasteiger partial charge in [0.15, 0.2) is 0 Å². The number of benzene rings is 3. The highest BCUT2D eigenvalue weighted by molar-refractivity contribution is 14.1. The first kappa shape index (κ1) is 13.6. The maximum absolute atomic E-state index is 2.38. The number of aromatic nitrogens is 1. The molecule has 0 saturated heterocycles. The Bertz CT molecular complexity index is 952. The molecule has 102 valence electrons. The molecule has 0 radical (unpaired) electrons. The quantitative estimate of drug-likeness (QED) is 0.286. The molecule has 0 aliphatic rings. The van der Waals surface area contributed by atoms with Crippen molar-refractivity contribution in [2.45, 2.75) is 0 Å². The van der Waals surface area contributed by atoms with Crippen molar-refractivity contribution in [2.75, 3.05) is 0 Å². The highest BCUT2D eigenvalue weighted by atomic mass is 127. The Morgan fingerprint density at radius 2 is 1.29 bits per heavy atom. The standard InChI is InChI=1S/C18H11I2N/c19-12-5-8-14(9-6-12)21-17-4-2-1-3-15(17)16-11-13(20)7-10-18(16)21/h1-11H. The Labute approximate surface area is 150 Å². The van der Waals surface area contributed by atoms with E-state index in [1.54, 1.807) is 0 Å². The van der Waals surface area contributed by atoms with Crippen molar-refractivity contribution in [3.63, 3.8) is 0 Å². The Balaban J connectivity index is 2.17. The van der Waals surface area contributed by atoms with Gasteiger partial charge in [-0.3, -0.25) is 0 Å². The minimum Gasteiger partial charge on any atom is -0.309 e. The normalized spacial score (nSPS) is 11.3. The first-order valence-electron chi connectivity index (χ1n) is 6.69. The smallest absolute Gasteiger partial charge is 0.0541 e. The van der Waals surface area contributed by atoms with E-state index in [4.69, 9.17) is 0 Å². The maximum atomic E-state index is 2.38. The van der Waals surface area contributed by atoms with Crippen LogP contribution in [0.4, 0.5) is 0 Å². The predicted molar refractivity (Wildman–Crippen MR) is 106 cm³/mol. The number of para-hydroxylation sites is 1. The van der Waals surface area contributed by atoms with Gasteiger partial charge in [-0.05, 0) is 93.7 Å². The van der Waals surface area contributed by atoms with E-state index in [1.807, 2.05) is 0 Å². The molecule has 0 bridgehead atoms. The van der Waals surface area contributed by atoms with Crippen molar-refractivity contribution >= 4 is 67.0 Å². The summed E-state index contributed by atoms with van der Waals surface area (Å²) in [6, 6.07) is 24.0. The van der Waals surface area contributed by atoms with Gasteiger partial charge in [-0.25, -0.2) is 0 Å². The summed E-state index contributed by atoms with van der Waals surface area (Å²) in [5.41, 5.74) is 3.73. The number of nitrogens with zero attached hydrogens (tertiary/aromatic N) is 1. The third kappa shape index (κ3) is 2.26. The molecule has 4 rings (SSSR count). The fourth-order valence-electron chi connectivity index (χ4n) is 2.81. The van der Waals surface area contributed by atoms with Gasteiger partial charge in [0, 0.05) is 23.6 Å². The Hall–Kier alpha value is -1.08. The minimum atomic E-state index is 1.21. The first-order valence-corrected chi connectivity index (χ1v) is 8.84. The van der Waals surface area contributed by atoms with E-state index in [2.05, 4.69) is 116 Å². The van der Waals surface area contributed by atoms with Gasteiger partial charge in [-0.15, -0.1) is 0 Å². The van der Waals surface area contributed by atoms with E-state index in [1.165, 1.54) is 34.6 Å². The second-order valence-corrected chi connectivity index (χ2v) is 7.48. The van der Waals surface area contributed by atoms with Gasteiger partial charge < -0.3 is 4.57 Å². The van der Waals surface area contributed by atoms with Crippen LogP contribution in [0.15, 0.2) is 66.7 Å². The zero-order chi connectivity index (χ0) is 14.4. The van der Waals surface area contributed by atoms with Crippen LogP contribution in [0.2, 0.25) is 0 Å². The molecule has 1 heterocycles. The number of fused-ring (bicyclic) bond motifs is 3. The summed E-state index contributed by atoms with van der Waals surface area (Å²) in [6.07, 6.45) is 0. The SMILES string of the molecule is Ic1ccc(-n2c3ccccc3c3cc(I)ccc32)cc1. The lowest BCUT2D eigenvalue weighted by Gasteiger charge is -2.07. The molecule has 3 heteroatoms. The number of rotatable bonds is 1. The second-order valence-electron chi connectivity index (χ2n) is 4.99. The van der Waals surface area contributed by atoms with Crippen molar-refractivity contribution in [1.29, 1.82) is 0 Å². The summed E-state index contributed by atoms with van der Waals surface area (Å²) in [5.74, 6) is 0. The molecule has 0 aliphatic heterocycles. The van der Waals surface area contributed by atoms with Gasteiger partial charge in [0.25, 0.3) is 0 Å². The molecule has 1 aromatic heterocycles. The number of hydrogen-bond donors (Lipinski definition) is 0. The highest BCUT2D eigenvalue weighted by Gasteiger charge is 2.11. The van der Waals surface area contributed by atoms with Crippen LogP contribution in [-0.4, -0.2) is 4.57 Å². The molecule has 0 spiro atoms. The average molecular weight is 495 g/mol. The van der Waals surface area contributed by atoms with E-state index in [9.17, 15) is 0 Å². The van der Waals surface area contributed by atoms with Crippen molar-refractivity contribution in [2.24, 2.45) is 0 Å². The Morgan fingerprint density at radius 1 is 0.619 bits per heavy atom. The Morgan fingerprint density at radius 3 is 2.10 bits per heavy atom. The number of hydrogen-bond acceptors (Lipinski definition) is 0. The van der Waals surface area contributed by atoms with Crippen LogP contribution in [0.5, 0.6) is 0 Å². The van der Waals surface area contributed by atoms with Gasteiger partial charge in [-0.2, -0.15) is 0 Å². The molecule has 21 heavy (non-hydrogen) atoms. The molecule has 0 saturated carbocycles. The molecule has 0 amide bonds. The summed E-state index contributed by atoms with van der Waals surface area (Å²) in [6.45, 7) is 0. The third-order valence-electron chi connectivity index (χ3n) is 3.72. The molecule has 4 aromatic rings. The van der Waals surface area contributed by atoms with E-state index < -0.39 is 0 Å². The van der Waals surface area contributed by atoms with E-state index >= 15 is 0 Å². The largest absolute Gasteiger partial charge is 0.309 e. The monoisotopic (exact) mass is 495 g/mol. The van der Waals surface area contributed by atoms with Crippen molar-refractivity contribution in [1.82, 2.24) is 4.57 Å². The second kappa shape index (κ2) is 5.28. The summed E-state index contributed by atoms with van der Waals surface area (Å²) in [4.78, 5) is 0. The van der Waals surface area contributed by atoms with Crippen LogP contribution in [0.1, 0.15) is 0 Å². The molecule has 0 N–H and O–H groups in total. The lowest BCUT2D eigenvalue weighted by atomic mass is 10.2. The summed E-state index contributed by atoms with van der Waals surface area (Å²) >= 11 is 4.72. The van der Waals surface area contributed by atoms with Crippen LogP contribution in [-0.2, 0) is 0 Å². The predicted octanol–water partition coefficient (Wildman–Crippen LogP) is 5.99. The lowest BCUT2D eigenvalue weighted by Crippen LogP contribution is -1.93. The summed E-state index contributed by atoms with van der Waals surface area (Å²) in [5, 5.41) is 2.63. The topological polar surface area (TPSA) is 4.93 Å². The summed E-state index contributed by atoms with van der Waals surface area (Å²) in [7, 11) is 0. The van der Waals surface area contributed by atoms with Crippen molar-refractivity contribution < 1.29 is 0 Å². The molecule has 3 aromatic carbocycles. The molecule has 0 atom stereocenters. The van der Waals surface area contributed by atoms with Gasteiger partial charge in [0.2, 0.25) is 0 Å². The minimum absolute atomic E-state index is 1.21. The summed E-state index contributed by atoms with van der Waals surface area (Å²) < 4.78 is 4.87. The van der Waals surface area contributed by atoms with Crippen LogP contribution in [0.25, 0.3) is 27.5 Å². The third-order valence-corrected chi connectivity index (χ3v) is 5.11. The van der Waals surface area contributed by atoms with E-state index in [0.29, 0.717) is 0 Å². The zero-order valence-corrected chi connectivity index (χ0v) is 15.4. The van der Waals surface area contributed by atoms with Crippen LogP contribution >= 0.6 is 45.2 Å². The average Bonchev–Trinajstić information content (AvgIpc) is 2.82. The van der Waals surface area contributed by atoms with Gasteiger partial charge in [0.1, 0.15) is 0 Å². The molecular formula is C18H11I2N. The molecule has 1 nitrogen and oxygen atoms in total. The maximum Gasteiger partial charge on any atom is 0.0541 e. The van der Waals surface area contributed by atoms with Crippen molar-refractivity contribution in [3.8, 4) is 5.69 Å². The molecule has 0 aliphatic carbocycles. The van der Waals surface area contributed by atoms with Crippen LogP contribution in [0, 0.1) is 7.14 Å². The Kier molecular flexibility index (Phi) is 3.41. The van der Waals surface area contributed by atoms with Crippen molar-refractivity contribution in [3.05, 3.63) is 73.9 Å². The number of halogens is 2. The lowest BCUT2D eigenvalue weighted by molar-refractivity contribution is 1.18. The fourth-order valence-corrected chi connectivity index (χ4v) is 3.66.